The number of nitrogens with one attached hydrogen (secondary N) is 1. The second-order valence-electron chi connectivity index (χ2n) is 6.43. The van der Waals surface area contributed by atoms with Crippen molar-refractivity contribution in [3.8, 4) is 0 Å². The Morgan fingerprint density at radius 3 is 2.79 bits per heavy atom. The Morgan fingerprint density at radius 1 is 1.38 bits per heavy atom. The Kier molecular flexibility index (Phi) is 5.86. The average molecular weight is 351 g/mol. The molecule has 0 bridgehead atoms. The Balaban J connectivity index is 1.43. The van der Waals surface area contributed by atoms with Gasteiger partial charge in [-0.15, -0.1) is 11.3 Å². The fourth-order valence-electron chi connectivity index (χ4n) is 3.24. The van der Waals surface area contributed by atoms with E-state index in [1.165, 1.54) is 11.3 Å². The molecular weight excluding hydrogens is 326 g/mol. The molecule has 6 nitrogen and oxygen atoms in total. The van der Waals surface area contributed by atoms with Crippen LogP contribution in [0.5, 0.6) is 0 Å². The molecule has 2 aliphatic heterocycles. The smallest absolute Gasteiger partial charge is 0.261 e. The average Bonchev–Trinajstić information content (AvgIpc) is 3.28. The van der Waals surface area contributed by atoms with Gasteiger partial charge in [-0.1, -0.05) is 6.07 Å². The molecule has 0 radical (unpaired) electrons. The highest BCUT2D eigenvalue weighted by atomic mass is 32.1. The molecule has 1 aromatic heterocycles. The highest BCUT2D eigenvalue weighted by Crippen LogP contribution is 2.15. The maximum Gasteiger partial charge on any atom is 0.261 e. The van der Waals surface area contributed by atoms with Crippen molar-refractivity contribution in [1.82, 2.24) is 15.1 Å². The van der Waals surface area contributed by atoms with Gasteiger partial charge in [-0.3, -0.25) is 14.5 Å². The lowest BCUT2D eigenvalue weighted by atomic mass is 10.2. The lowest BCUT2D eigenvalue weighted by Gasteiger charge is -2.36. The van der Waals surface area contributed by atoms with Gasteiger partial charge in [0.05, 0.1) is 11.0 Å². The zero-order valence-corrected chi connectivity index (χ0v) is 14.9. The quantitative estimate of drug-likeness (QED) is 0.866. The molecule has 0 aromatic carbocycles. The molecule has 2 aliphatic rings. The molecule has 2 atom stereocenters. The van der Waals surface area contributed by atoms with Gasteiger partial charge in [0.25, 0.3) is 5.91 Å². The van der Waals surface area contributed by atoms with Crippen LogP contribution >= 0.6 is 11.3 Å². The van der Waals surface area contributed by atoms with Crippen molar-refractivity contribution in [2.45, 2.75) is 31.9 Å². The Morgan fingerprint density at radius 2 is 2.17 bits per heavy atom. The third-order valence-electron chi connectivity index (χ3n) is 4.63. The molecule has 7 heteroatoms. The number of piperazine rings is 1. The SMILES string of the molecule is CC(NC(=O)c1cccs1)C(=O)N1CCN(CC2CCCO2)CC1. The Labute approximate surface area is 146 Å². The number of thiophene rings is 1. The van der Waals surface area contributed by atoms with E-state index in [1.54, 1.807) is 13.0 Å². The van der Waals surface area contributed by atoms with Gasteiger partial charge in [-0.05, 0) is 31.2 Å². The zero-order valence-electron chi connectivity index (χ0n) is 14.1. The van der Waals surface area contributed by atoms with Crippen LogP contribution < -0.4 is 5.32 Å². The first-order valence-corrected chi connectivity index (χ1v) is 9.48. The summed E-state index contributed by atoms with van der Waals surface area (Å²) in [6.45, 7) is 6.77. The van der Waals surface area contributed by atoms with E-state index in [1.807, 2.05) is 16.3 Å². The minimum Gasteiger partial charge on any atom is -0.377 e. The van der Waals surface area contributed by atoms with Gasteiger partial charge in [0.1, 0.15) is 6.04 Å². The van der Waals surface area contributed by atoms with Crippen LogP contribution in [0.3, 0.4) is 0 Å². The number of amides is 2. The predicted molar refractivity (Wildman–Crippen MR) is 93.2 cm³/mol. The summed E-state index contributed by atoms with van der Waals surface area (Å²) in [5.41, 5.74) is 0. The molecule has 2 saturated heterocycles. The molecule has 2 unspecified atom stereocenters. The zero-order chi connectivity index (χ0) is 16.9. The van der Waals surface area contributed by atoms with Crippen LogP contribution in [0.2, 0.25) is 0 Å². The summed E-state index contributed by atoms with van der Waals surface area (Å²) < 4.78 is 5.68. The van der Waals surface area contributed by atoms with Gasteiger partial charge < -0.3 is 15.0 Å². The number of ether oxygens (including phenoxy) is 1. The van der Waals surface area contributed by atoms with E-state index in [9.17, 15) is 9.59 Å². The van der Waals surface area contributed by atoms with Crippen LogP contribution in [0.25, 0.3) is 0 Å². The number of hydrogen-bond acceptors (Lipinski definition) is 5. The van der Waals surface area contributed by atoms with Crippen LogP contribution in [0, 0.1) is 0 Å². The van der Waals surface area contributed by atoms with Gasteiger partial charge in [0.15, 0.2) is 0 Å². The van der Waals surface area contributed by atoms with E-state index in [0.717, 1.165) is 39.1 Å². The molecule has 1 N–H and O–H groups in total. The maximum absolute atomic E-state index is 12.5. The number of carbonyl (C=O) groups excluding carboxylic acids is 2. The van der Waals surface area contributed by atoms with Crippen molar-refractivity contribution in [3.63, 3.8) is 0 Å². The molecule has 1 aromatic rings. The van der Waals surface area contributed by atoms with E-state index in [4.69, 9.17) is 4.74 Å². The highest BCUT2D eigenvalue weighted by molar-refractivity contribution is 7.12. The topological polar surface area (TPSA) is 61.9 Å². The summed E-state index contributed by atoms with van der Waals surface area (Å²) in [7, 11) is 0. The minimum absolute atomic E-state index is 0.00308. The Bertz CT molecular complexity index is 549. The van der Waals surface area contributed by atoms with Crippen LogP contribution in [0.15, 0.2) is 17.5 Å². The summed E-state index contributed by atoms with van der Waals surface area (Å²) >= 11 is 1.38. The molecule has 132 valence electrons. The lowest BCUT2D eigenvalue weighted by molar-refractivity contribution is -0.134. The van der Waals surface area contributed by atoms with E-state index in [0.29, 0.717) is 24.1 Å². The van der Waals surface area contributed by atoms with Gasteiger partial charge in [0.2, 0.25) is 5.91 Å². The summed E-state index contributed by atoms with van der Waals surface area (Å²) in [5, 5.41) is 4.65. The molecule has 3 rings (SSSR count). The van der Waals surface area contributed by atoms with Crippen molar-refractivity contribution < 1.29 is 14.3 Å². The standard InChI is InChI=1S/C17H25N3O3S/c1-13(18-16(21)15-5-3-11-24-15)17(22)20-8-6-19(7-9-20)12-14-4-2-10-23-14/h3,5,11,13-14H,2,4,6-10,12H2,1H3,(H,18,21). The number of rotatable bonds is 5. The number of nitrogens with zero attached hydrogens (tertiary/aromatic N) is 2. The van der Waals surface area contributed by atoms with Crippen molar-refractivity contribution in [1.29, 1.82) is 0 Å². The van der Waals surface area contributed by atoms with Gasteiger partial charge in [-0.25, -0.2) is 0 Å². The van der Waals surface area contributed by atoms with E-state index in [-0.39, 0.29) is 11.8 Å². The second kappa shape index (κ2) is 8.09. The monoisotopic (exact) mass is 351 g/mol. The predicted octanol–water partition coefficient (Wildman–Crippen LogP) is 1.19. The fourth-order valence-corrected chi connectivity index (χ4v) is 3.87. The van der Waals surface area contributed by atoms with Gasteiger partial charge in [-0.2, -0.15) is 0 Å². The fraction of sp³-hybridized carbons (Fsp3) is 0.647. The van der Waals surface area contributed by atoms with Gasteiger partial charge in [0, 0.05) is 39.3 Å². The Hall–Kier alpha value is -1.44. The molecule has 2 fully saturated rings. The number of hydrogen-bond donors (Lipinski definition) is 1. The second-order valence-corrected chi connectivity index (χ2v) is 7.38. The third kappa shape index (κ3) is 4.34. The van der Waals surface area contributed by atoms with Crippen LogP contribution in [0.4, 0.5) is 0 Å². The van der Waals surface area contributed by atoms with E-state index in [2.05, 4.69) is 10.2 Å². The first kappa shape index (κ1) is 17.4. The highest BCUT2D eigenvalue weighted by Gasteiger charge is 2.28. The summed E-state index contributed by atoms with van der Waals surface area (Å²) in [5.74, 6) is -0.181. The summed E-state index contributed by atoms with van der Waals surface area (Å²) in [6.07, 6.45) is 2.66. The van der Waals surface area contributed by atoms with Crippen molar-refractivity contribution in [2.24, 2.45) is 0 Å². The molecule has 3 heterocycles. The molecule has 2 amide bonds. The van der Waals surface area contributed by atoms with E-state index >= 15 is 0 Å². The third-order valence-corrected chi connectivity index (χ3v) is 5.50. The van der Waals surface area contributed by atoms with Crippen molar-refractivity contribution in [3.05, 3.63) is 22.4 Å². The van der Waals surface area contributed by atoms with Crippen LogP contribution in [-0.2, 0) is 9.53 Å². The molecule has 24 heavy (non-hydrogen) atoms. The molecule has 0 spiro atoms. The first-order chi connectivity index (χ1) is 11.6. The summed E-state index contributed by atoms with van der Waals surface area (Å²) in [6, 6.07) is 3.10. The van der Waals surface area contributed by atoms with E-state index < -0.39 is 6.04 Å². The number of carbonyl (C=O) groups is 2. The molecule has 0 saturated carbocycles. The first-order valence-electron chi connectivity index (χ1n) is 8.60. The van der Waals surface area contributed by atoms with Crippen LogP contribution in [0.1, 0.15) is 29.4 Å². The van der Waals surface area contributed by atoms with Crippen molar-refractivity contribution in [2.75, 3.05) is 39.3 Å². The molecule has 0 aliphatic carbocycles. The largest absolute Gasteiger partial charge is 0.377 e. The minimum atomic E-state index is -0.496. The lowest BCUT2D eigenvalue weighted by Crippen LogP contribution is -2.54. The van der Waals surface area contributed by atoms with Crippen molar-refractivity contribution >= 4 is 23.2 Å². The van der Waals surface area contributed by atoms with Crippen LogP contribution in [-0.4, -0.2) is 73.1 Å². The van der Waals surface area contributed by atoms with Gasteiger partial charge >= 0.3 is 0 Å². The molecular formula is C17H25N3O3S. The maximum atomic E-state index is 12.5. The normalized spacial score (nSPS) is 23.2. The summed E-state index contributed by atoms with van der Waals surface area (Å²) in [4.78, 5) is 29.4.